The lowest BCUT2D eigenvalue weighted by molar-refractivity contribution is 0.863. The van der Waals surface area contributed by atoms with Gasteiger partial charge in [-0.1, -0.05) is 0 Å². The minimum atomic E-state index is 0.136. The molecule has 0 aliphatic carbocycles. The van der Waals surface area contributed by atoms with E-state index in [1.165, 1.54) is 12.4 Å². The van der Waals surface area contributed by atoms with Crippen molar-refractivity contribution < 1.29 is 0 Å². The standard InChI is InChI=1S/C14H10N8/c15-1-2-18-12-4-13(19-8-11(12)17)22-14-10(7-21-22)3-9(5-16)6-20-14/h3-4,6-8H,2,17H2,(H,18,19). The van der Waals surface area contributed by atoms with Gasteiger partial charge >= 0.3 is 0 Å². The highest BCUT2D eigenvalue weighted by Gasteiger charge is 2.10. The van der Waals surface area contributed by atoms with Crippen LogP contribution in [0.3, 0.4) is 0 Å². The summed E-state index contributed by atoms with van der Waals surface area (Å²) in [5, 5.41) is 25.4. The molecule has 0 unspecified atom stereocenters. The molecule has 8 heteroatoms. The number of nitrogen functional groups attached to an aromatic ring is 1. The first-order valence-electron chi connectivity index (χ1n) is 6.33. The summed E-state index contributed by atoms with van der Waals surface area (Å²) in [6, 6.07) is 7.42. The van der Waals surface area contributed by atoms with Gasteiger partial charge in [0, 0.05) is 17.6 Å². The number of nitriles is 2. The van der Waals surface area contributed by atoms with Crippen molar-refractivity contribution in [1.29, 1.82) is 10.5 Å². The lowest BCUT2D eigenvalue weighted by Gasteiger charge is -2.08. The maximum Gasteiger partial charge on any atom is 0.164 e. The Bertz CT molecular complexity index is 928. The molecule has 3 rings (SSSR count). The Balaban J connectivity index is 2.08. The maximum absolute atomic E-state index is 8.89. The van der Waals surface area contributed by atoms with Crippen LogP contribution < -0.4 is 11.1 Å². The molecule has 0 fully saturated rings. The van der Waals surface area contributed by atoms with E-state index >= 15 is 0 Å². The summed E-state index contributed by atoms with van der Waals surface area (Å²) in [7, 11) is 0. The van der Waals surface area contributed by atoms with Crippen LogP contribution in [0, 0.1) is 22.7 Å². The lowest BCUT2D eigenvalue weighted by Crippen LogP contribution is -2.06. The lowest BCUT2D eigenvalue weighted by atomic mass is 10.2. The van der Waals surface area contributed by atoms with Gasteiger partial charge in [0.25, 0.3) is 0 Å². The third-order valence-corrected chi connectivity index (χ3v) is 3.03. The molecule has 8 nitrogen and oxygen atoms in total. The summed E-state index contributed by atoms with van der Waals surface area (Å²) in [6.45, 7) is 0.136. The highest BCUT2D eigenvalue weighted by molar-refractivity contribution is 5.78. The molecule has 0 amide bonds. The molecule has 3 aromatic rings. The molecule has 0 spiro atoms. The summed E-state index contributed by atoms with van der Waals surface area (Å²) >= 11 is 0. The number of rotatable bonds is 3. The van der Waals surface area contributed by atoms with Crippen molar-refractivity contribution in [2.24, 2.45) is 0 Å². The summed E-state index contributed by atoms with van der Waals surface area (Å²) in [5.74, 6) is 0.516. The third-order valence-electron chi connectivity index (χ3n) is 3.03. The Kier molecular flexibility index (Phi) is 3.26. The predicted octanol–water partition coefficient (Wildman–Crippen LogP) is 1.20. The van der Waals surface area contributed by atoms with Gasteiger partial charge in [0.1, 0.15) is 12.6 Å². The van der Waals surface area contributed by atoms with E-state index in [0.717, 1.165) is 5.39 Å². The van der Waals surface area contributed by atoms with Crippen LogP contribution in [0.25, 0.3) is 16.9 Å². The van der Waals surface area contributed by atoms with Crippen molar-refractivity contribution in [2.45, 2.75) is 0 Å². The minimum absolute atomic E-state index is 0.136. The van der Waals surface area contributed by atoms with E-state index in [1.807, 2.05) is 12.1 Å². The number of nitrogens with two attached hydrogens (primary N) is 1. The summed E-state index contributed by atoms with van der Waals surface area (Å²) in [4.78, 5) is 8.47. The van der Waals surface area contributed by atoms with E-state index in [1.54, 1.807) is 23.0 Å². The van der Waals surface area contributed by atoms with Gasteiger partial charge in [0.05, 0.1) is 35.4 Å². The molecule has 0 atom stereocenters. The van der Waals surface area contributed by atoms with Gasteiger partial charge in [-0.3, -0.25) is 0 Å². The van der Waals surface area contributed by atoms with Crippen LogP contribution in [0.1, 0.15) is 5.56 Å². The van der Waals surface area contributed by atoms with Crippen LogP contribution in [-0.2, 0) is 0 Å². The quantitative estimate of drug-likeness (QED) is 0.693. The second-order valence-electron chi connectivity index (χ2n) is 4.45. The topological polar surface area (TPSA) is 129 Å². The Morgan fingerprint density at radius 1 is 1.18 bits per heavy atom. The number of hydrogen-bond donors (Lipinski definition) is 2. The molecule has 0 aliphatic rings. The van der Waals surface area contributed by atoms with Crippen molar-refractivity contribution >= 4 is 22.4 Å². The fourth-order valence-electron chi connectivity index (χ4n) is 2.01. The molecular formula is C14H10N8. The zero-order valence-corrected chi connectivity index (χ0v) is 11.4. The van der Waals surface area contributed by atoms with Crippen LogP contribution in [0.5, 0.6) is 0 Å². The van der Waals surface area contributed by atoms with E-state index < -0.39 is 0 Å². The first-order chi connectivity index (χ1) is 10.7. The average Bonchev–Trinajstić information content (AvgIpc) is 2.97. The highest BCUT2D eigenvalue weighted by atomic mass is 15.3. The number of pyridine rings is 2. The zero-order chi connectivity index (χ0) is 15.5. The van der Waals surface area contributed by atoms with E-state index in [2.05, 4.69) is 20.4 Å². The first-order valence-corrected chi connectivity index (χ1v) is 6.33. The molecule has 3 aromatic heterocycles. The van der Waals surface area contributed by atoms with Gasteiger partial charge < -0.3 is 11.1 Å². The van der Waals surface area contributed by atoms with Crippen LogP contribution in [0.2, 0.25) is 0 Å². The second kappa shape index (κ2) is 5.38. The summed E-state index contributed by atoms with van der Waals surface area (Å²) < 4.78 is 1.55. The molecular weight excluding hydrogens is 280 g/mol. The molecule has 0 saturated heterocycles. The van der Waals surface area contributed by atoms with Gasteiger partial charge in [-0.15, -0.1) is 0 Å². The number of aromatic nitrogens is 4. The molecule has 0 saturated carbocycles. The molecule has 0 radical (unpaired) electrons. The van der Waals surface area contributed by atoms with E-state index in [4.69, 9.17) is 16.3 Å². The van der Waals surface area contributed by atoms with Crippen LogP contribution in [0.4, 0.5) is 11.4 Å². The maximum atomic E-state index is 8.89. The van der Waals surface area contributed by atoms with Gasteiger partial charge in [-0.25, -0.2) is 9.97 Å². The monoisotopic (exact) mass is 290 g/mol. The fraction of sp³-hybridized carbons (Fsp3) is 0.0714. The van der Waals surface area contributed by atoms with Gasteiger partial charge in [-0.2, -0.15) is 20.3 Å². The molecule has 3 heterocycles. The Hall–Kier alpha value is -3.65. The number of fused-ring (bicyclic) bond motifs is 1. The van der Waals surface area contributed by atoms with Crippen molar-refractivity contribution in [3.05, 3.63) is 36.3 Å². The number of hydrogen-bond acceptors (Lipinski definition) is 7. The Morgan fingerprint density at radius 3 is 2.82 bits per heavy atom. The minimum Gasteiger partial charge on any atom is -0.396 e. The number of nitrogens with zero attached hydrogens (tertiary/aromatic N) is 6. The van der Waals surface area contributed by atoms with Crippen molar-refractivity contribution in [3.8, 4) is 18.0 Å². The summed E-state index contributed by atoms with van der Waals surface area (Å²) in [5.41, 5.74) is 7.91. The van der Waals surface area contributed by atoms with Crippen molar-refractivity contribution in [3.63, 3.8) is 0 Å². The molecule has 0 aromatic carbocycles. The van der Waals surface area contributed by atoms with Crippen molar-refractivity contribution in [2.75, 3.05) is 17.6 Å². The average molecular weight is 290 g/mol. The SMILES string of the molecule is N#CCNc1cc(-n2ncc3cc(C#N)cnc32)ncc1N. The normalized spacial score (nSPS) is 10.1. The smallest absolute Gasteiger partial charge is 0.164 e. The van der Waals surface area contributed by atoms with Crippen LogP contribution in [-0.4, -0.2) is 26.3 Å². The number of nitrogens with one attached hydrogen (secondary N) is 1. The first kappa shape index (κ1) is 13.3. The zero-order valence-electron chi connectivity index (χ0n) is 11.4. The Labute approximate surface area is 125 Å². The second-order valence-corrected chi connectivity index (χ2v) is 4.45. The molecule has 3 N–H and O–H groups in total. The van der Waals surface area contributed by atoms with Gasteiger partial charge in [0.15, 0.2) is 11.5 Å². The molecule has 22 heavy (non-hydrogen) atoms. The predicted molar refractivity (Wildman–Crippen MR) is 79.9 cm³/mol. The summed E-state index contributed by atoms with van der Waals surface area (Å²) in [6.07, 6.45) is 4.59. The van der Waals surface area contributed by atoms with E-state index in [-0.39, 0.29) is 6.54 Å². The van der Waals surface area contributed by atoms with E-state index in [0.29, 0.717) is 28.4 Å². The van der Waals surface area contributed by atoms with Gasteiger partial charge in [0.2, 0.25) is 0 Å². The van der Waals surface area contributed by atoms with Crippen LogP contribution in [0.15, 0.2) is 30.7 Å². The number of anilines is 2. The molecule has 0 aliphatic heterocycles. The third kappa shape index (κ3) is 2.25. The van der Waals surface area contributed by atoms with Crippen LogP contribution >= 0.6 is 0 Å². The Morgan fingerprint density at radius 2 is 2.05 bits per heavy atom. The fourth-order valence-corrected chi connectivity index (χ4v) is 2.01. The molecule has 0 bridgehead atoms. The largest absolute Gasteiger partial charge is 0.396 e. The van der Waals surface area contributed by atoms with Crippen molar-refractivity contribution in [1.82, 2.24) is 19.7 Å². The molecule has 106 valence electrons. The highest BCUT2D eigenvalue weighted by Crippen LogP contribution is 2.22. The van der Waals surface area contributed by atoms with E-state index in [9.17, 15) is 0 Å². The van der Waals surface area contributed by atoms with Gasteiger partial charge in [-0.05, 0) is 6.07 Å².